The number of hydrogen-bond donors (Lipinski definition) is 4. The van der Waals surface area contributed by atoms with E-state index >= 15 is 0 Å². The van der Waals surface area contributed by atoms with E-state index in [1.54, 1.807) is 25.1 Å². The van der Waals surface area contributed by atoms with Gasteiger partial charge in [0.05, 0.1) is 16.6 Å². The first-order valence-corrected chi connectivity index (χ1v) is 17.8. The number of rotatable bonds is 11. The predicted molar refractivity (Wildman–Crippen MR) is 183 cm³/mol. The van der Waals surface area contributed by atoms with E-state index < -0.39 is 46.2 Å². The van der Waals surface area contributed by atoms with Gasteiger partial charge in [0.25, 0.3) is 11.8 Å². The van der Waals surface area contributed by atoms with E-state index in [-0.39, 0.29) is 54.6 Å². The standard InChI is InChI=1S/C36H39ClF3N7O5/c1-17(2)27-16-47(34(51)43-27)35(33(50)42-24-10-11-25(26(37)13-24)36(38,39)40)14-21-8-9-23(12-22(21)15-35)41-32(49)30(28(19-4-5-19)20-6-7-20)44-31(48)29-18(3)45-52-46-29/h8-13,17,19-20,27-28,30H,4-7,14-16H2,1-3H3,(H,41,49)(H,42,50)(H,43,51)(H,44,48)/t27-,30-,35?/m0/s1. The van der Waals surface area contributed by atoms with Crippen LogP contribution in [0.1, 0.15) is 72.4 Å². The van der Waals surface area contributed by atoms with Gasteiger partial charge in [0.15, 0.2) is 5.69 Å². The van der Waals surface area contributed by atoms with Crippen LogP contribution in [0.15, 0.2) is 41.0 Å². The molecule has 1 aliphatic heterocycles. The van der Waals surface area contributed by atoms with Crippen LogP contribution in [0, 0.1) is 30.6 Å². The number of anilines is 2. The molecule has 16 heteroatoms. The van der Waals surface area contributed by atoms with E-state index in [1.165, 1.54) is 4.90 Å². The van der Waals surface area contributed by atoms with Gasteiger partial charge < -0.3 is 26.2 Å². The molecule has 52 heavy (non-hydrogen) atoms. The average Bonchev–Trinajstić information content (AvgIpc) is 3.97. The first-order chi connectivity index (χ1) is 24.6. The number of alkyl halides is 3. The number of nitrogens with zero attached hydrogens (tertiary/aromatic N) is 3. The van der Waals surface area contributed by atoms with Crippen LogP contribution in [0.3, 0.4) is 0 Å². The maximum Gasteiger partial charge on any atom is 0.417 e. The molecular formula is C36H39ClF3N7O5. The highest BCUT2D eigenvalue weighted by atomic mass is 35.5. The topological polar surface area (TPSA) is 159 Å². The van der Waals surface area contributed by atoms with Crippen molar-refractivity contribution in [2.75, 3.05) is 17.2 Å². The number of nitrogens with one attached hydrogen (secondary N) is 4. The number of benzene rings is 2. The van der Waals surface area contributed by atoms with E-state index in [9.17, 15) is 32.3 Å². The summed E-state index contributed by atoms with van der Waals surface area (Å²) in [6.07, 6.45) is -0.538. The summed E-state index contributed by atoms with van der Waals surface area (Å²) in [5, 5.41) is 18.4. The fraction of sp³-hybridized carbons (Fsp3) is 0.500. The Morgan fingerprint density at radius 3 is 2.21 bits per heavy atom. The van der Waals surface area contributed by atoms with E-state index in [0.29, 0.717) is 28.8 Å². The lowest BCUT2D eigenvalue weighted by Gasteiger charge is -2.36. The summed E-state index contributed by atoms with van der Waals surface area (Å²) in [7, 11) is 0. The Kier molecular flexibility index (Phi) is 9.20. The summed E-state index contributed by atoms with van der Waals surface area (Å²) < 4.78 is 44.8. The van der Waals surface area contributed by atoms with Crippen LogP contribution in [0.2, 0.25) is 5.02 Å². The molecule has 4 N–H and O–H groups in total. The second kappa shape index (κ2) is 13.4. The van der Waals surface area contributed by atoms with Crippen LogP contribution in [0.25, 0.3) is 0 Å². The second-order valence-corrected chi connectivity index (χ2v) is 15.2. The first kappa shape index (κ1) is 35.7. The normalized spacial score (nSPS) is 22.0. The minimum absolute atomic E-state index is 0.0134. The number of amides is 5. The van der Waals surface area contributed by atoms with E-state index in [1.807, 2.05) is 13.8 Å². The molecule has 3 fully saturated rings. The Morgan fingerprint density at radius 2 is 1.63 bits per heavy atom. The van der Waals surface area contributed by atoms with Gasteiger partial charge in [-0.1, -0.05) is 36.7 Å². The summed E-state index contributed by atoms with van der Waals surface area (Å²) in [5.74, 6) is -0.849. The van der Waals surface area contributed by atoms with Gasteiger partial charge in [-0.25, -0.2) is 9.42 Å². The van der Waals surface area contributed by atoms with Crippen LogP contribution >= 0.6 is 11.6 Å². The van der Waals surface area contributed by atoms with Crippen LogP contribution in [0.4, 0.5) is 29.3 Å². The van der Waals surface area contributed by atoms with Crippen molar-refractivity contribution in [3.63, 3.8) is 0 Å². The average molecular weight is 742 g/mol. The van der Waals surface area contributed by atoms with Crippen LogP contribution in [0.5, 0.6) is 0 Å². The quantitative estimate of drug-likeness (QED) is 0.195. The number of aryl methyl sites for hydroxylation is 1. The van der Waals surface area contributed by atoms with E-state index in [0.717, 1.165) is 49.4 Å². The monoisotopic (exact) mass is 741 g/mol. The van der Waals surface area contributed by atoms with Gasteiger partial charge in [0.2, 0.25) is 5.91 Å². The molecule has 7 rings (SSSR count). The fourth-order valence-electron chi connectivity index (χ4n) is 7.68. The Bertz CT molecular complexity index is 1920. The van der Waals surface area contributed by atoms with E-state index in [2.05, 4.69) is 31.6 Å². The molecule has 12 nitrogen and oxygen atoms in total. The number of aromatic nitrogens is 2. The molecule has 3 aromatic rings. The predicted octanol–water partition coefficient (Wildman–Crippen LogP) is 5.75. The van der Waals surface area contributed by atoms with E-state index in [4.69, 9.17) is 16.2 Å². The van der Waals surface area contributed by atoms with Crippen molar-refractivity contribution in [2.45, 2.75) is 83.1 Å². The van der Waals surface area contributed by atoms with Crippen molar-refractivity contribution in [1.82, 2.24) is 25.8 Å². The molecule has 4 aliphatic rings. The fourth-order valence-corrected chi connectivity index (χ4v) is 7.97. The van der Waals surface area contributed by atoms with Crippen LogP contribution in [-0.4, -0.2) is 63.1 Å². The molecule has 0 bridgehead atoms. The Labute approximate surface area is 302 Å². The van der Waals surface area contributed by atoms with Crippen molar-refractivity contribution in [2.24, 2.45) is 23.7 Å². The zero-order valence-electron chi connectivity index (χ0n) is 28.8. The number of carbonyl (C=O) groups is 4. The summed E-state index contributed by atoms with van der Waals surface area (Å²) in [6.45, 7) is 5.75. The van der Waals surface area contributed by atoms with Gasteiger partial charge in [-0.2, -0.15) is 13.2 Å². The molecule has 2 saturated carbocycles. The molecule has 276 valence electrons. The number of urea groups is 1. The number of carbonyl (C=O) groups excluding carboxylic acids is 4. The van der Waals surface area contributed by atoms with Gasteiger partial charge in [0, 0.05) is 30.8 Å². The SMILES string of the molecule is Cc1nonc1C(=O)N[C@H](C(=O)Nc1ccc2c(c1)CC(C(=O)Nc1ccc(C(F)(F)F)c(Cl)c1)(N1C[C@@H](C(C)C)NC1=O)C2)C(C1CC1)C1CC1. The Balaban J connectivity index is 1.15. The molecule has 1 saturated heterocycles. The lowest BCUT2D eigenvalue weighted by Crippen LogP contribution is -2.59. The number of hydrogen-bond acceptors (Lipinski definition) is 7. The summed E-state index contributed by atoms with van der Waals surface area (Å²) >= 11 is 5.96. The molecule has 0 radical (unpaired) electrons. The highest BCUT2D eigenvalue weighted by molar-refractivity contribution is 6.31. The molecule has 1 aromatic heterocycles. The van der Waals surface area contributed by atoms with Crippen molar-refractivity contribution < 1.29 is 37.0 Å². The Morgan fingerprint density at radius 1 is 0.981 bits per heavy atom. The molecule has 0 spiro atoms. The molecular weight excluding hydrogens is 703 g/mol. The molecule has 1 unspecified atom stereocenters. The molecule has 2 aromatic carbocycles. The van der Waals surface area contributed by atoms with Crippen molar-refractivity contribution in [3.05, 3.63) is 69.5 Å². The van der Waals surface area contributed by atoms with Crippen molar-refractivity contribution >= 4 is 46.7 Å². The second-order valence-electron chi connectivity index (χ2n) is 14.8. The maximum absolute atomic E-state index is 14.3. The molecule has 2 heterocycles. The lowest BCUT2D eigenvalue weighted by molar-refractivity contribution is -0.137. The summed E-state index contributed by atoms with van der Waals surface area (Å²) in [4.78, 5) is 56.5. The van der Waals surface area contributed by atoms with Gasteiger partial charge in [-0.3, -0.25) is 14.4 Å². The van der Waals surface area contributed by atoms with Gasteiger partial charge in [-0.15, -0.1) is 0 Å². The highest BCUT2D eigenvalue weighted by Crippen LogP contribution is 2.51. The third-order valence-electron chi connectivity index (χ3n) is 10.8. The van der Waals surface area contributed by atoms with Crippen molar-refractivity contribution in [3.8, 4) is 0 Å². The zero-order chi connectivity index (χ0) is 37.1. The third-order valence-corrected chi connectivity index (χ3v) is 11.1. The lowest BCUT2D eigenvalue weighted by atomic mass is 9.88. The number of halogens is 4. The van der Waals surface area contributed by atoms with Crippen LogP contribution < -0.4 is 21.3 Å². The molecule has 3 atom stereocenters. The zero-order valence-corrected chi connectivity index (χ0v) is 29.5. The van der Waals surface area contributed by atoms with Gasteiger partial charge in [0.1, 0.15) is 17.3 Å². The number of fused-ring (bicyclic) bond motifs is 1. The van der Waals surface area contributed by atoms with Gasteiger partial charge in [-0.05, 0) is 103 Å². The van der Waals surface area contributed by atoms with Crippen LogP contribution in [-0.2, 0) is 28.6 Å². The summed E-state index contributed by atoms with van der Waals surface area (Å²) in [5.41, 5.74) is -0.157. The molecule has 3 aliphatic carbocycles. The summed E-state index contributed by atoms with van der Waals surface area (Å²) in [6, 6.07) is 6.75. The Hall–Kier alpha value is -4.66. The van der Waals surface area contributed by atoms with Gasteiger partial charge >= 0.3 is 12.2 Å². The van der Waals surface area contributed by atoms with Crippen molar-refractivity contribution in [1.29, 1.82) is 0 Å². The third kappa shape index (κ3) is 6.94. The highest BCUT2D eigenvalue weighted by Gasteiger charge is 2.54. The minimum atomic E-state index is -4.67. The first-order valence-electron chi connectivity index (χ1n) is 17.4. The largest absolute Gasteiger partial charge is 0.417 e. The maximum atomic E-state index is 14.3. The molecule has 5 amide bonds. The smallest absolute Gasteiger partial charge is 0.338 e. The minimum Gasteiger partial charge on any atom is -0.338 e.